The van der Waals surface area contributed by atoms with Gasteiger partial charge in [-0.25, -0.2) is 0 Å². The molecule has 0 radical (unpaired) electrons. The van der Waals surface area contributed by atoms with Crippen molar-refractivity contribution >= 4 is 0 Å². The normalized spacial score (nSPS) is 39.2. The first-order chi connectivity index (χ1) is 7.45. The third-order valence-electron chi connectivity index (χ3n) is 4.70. The van der Waals surface area contributed by atoms with Crippen LogP contribution in [0.3, 0.4) is 0 Å². The zero-order valence-electron chi connectivity index (χ0n) is 9.75. The van der Waals surface area contributed by atoms with E-state index in [0.717, 1.165) is 18.1 Å². The second-order valence-electron chi connectivity index (χ2n) is 5.59. The summed E-state index contributed by atoms with van der Waals surface area (Å²) in [7, 11) is 0. The Labute approximate surface area is 93.4 Å². The fraction of sp³-hybridized carbons (Fsp3) is 1.00. The van der Waals surface area contributed by atoms with Crippen LogP contribution in [0.5, 0.6) is 0 Å². The van der Waals surface area contributed by atoms with Gasteiger partial charge in [-0.3, -0.25) is 4.90 Å². The Hall–Kier alpha value is -0.0800. The minimum absolute atomic E-state index is 0.825. The zero-order valence-corrected chi connectivity index (χ0v) is 9.75. The monoisotopic (exact) mass is 208 g/mol. The predicted molar refractivity (Wildman–Crippen MR) is 63.0 cm³/mol. The molecule has 2 atom stereocenters. The van der Waals surface area contributed by atoms with Gasteiger partial charge in [0, 0.05) is 18.1 Å². The molecule has 0 aromatic carbocycles. The van der Waals surface area contributed by atoms with Crippen LogP contribution in [0.25, 0.3) is 0 Å². The molecule has 3 rings (SSSR count). The lowest BCUT2D eigenvalue weighted by molar-refractivity contribution is 0.0359. The lowest BCUT2D eigenvalue weighted by Crippen LogP contribution is -2.55. The third-order valence-corrected chi connectivity index (χ3v) is 4.70. The molecule has 0 amide bonds. The summed E-state index contributed by atoms with van der Waals surface area (Å²) in [6.07, 6.45) is 11.6. The number of piperidine rings is 1. The highest BCUT2D eigenvalue weighted by Gasteiger charge is 2.36. The maximum absolute atomic E-state index is 3.72. The summed E-state index contributed by atoms with van der Waals surface area (Å²) in [5.74, 6) is 0. The van der Waals surface area contributed by atoms with E-state index in [1.54, 1.807) is 0 Å². The minimum atomic E-state index is 0.825. The van der Waals surface area contributed by atoms with Crippen molar-refractivity contribution in [3.63, 3.8) is 0 Å². The molecule has 0 bridgehead atoms. The number of rotatable bonds is 2. The first-order valence-electron chi connectivity index (χ1n) is 6.94. The zero-order chi connectivity index (χ0) is 10.1. The molecular formula is C13H24N2. The number of nitrogens with zero attached hydrogens (tertiary/aromatic N) is 1. The molecule has 0 spiro atoms. The minimum Gasteiger partial charge on any atom is -0.312 e. The van der Waals surface area contributed by atoms with E-state index in [1.165, 1.54) is 64.5 Å². The summed E-state index contributed by atoms with van der Waals surface area (Å²) in [6, 6.07) is 2.66. The van der Waals surface area contributed by atoms with Crippen LogP contribution in [0.15, 0.2) is 0 Å². The SMILES string of the molecule is C1CNC(C2CCCCN2C2CCC2)C1. The Morgan fingerprint density at radius 1 is 0.867 bits per heavy atom. The summed E-state index contributed by atoms with van der Waals surface area (Å²) in [4.78, 5) is 2.86. The Balaban J connectivity index is 1.65. The molecule has 3 fully saturated rings. The van der Waals surface area contributed by atoms with Crippen LogP contribution < -0.4 is 5.32 Å². The number of hydrogen-bond donors (Lipinski definition) is 1. The van der Waals surface area contributed by atoms with E-state index in [0.29, 0.717) is 0 Å². The van der Waals surface area contributed by atoms with Crippen LogP contribution in [-0.4, -0.2) is 36.1 Å². The van der Waals surface area contributed by atoms with E-state index in [1.807, 2.05) is 0 Å². The van der Waals surface area contributed by atoms with Gasteiger partial charge in [0.15, 0.2) is 0 Å². The van der Waals surface area contributed by atoms with Gasteiger partial charge < -0.3 is 5.32 Å². The number of hydrogen-bond acceptors (Lipinski definition) is 2. The van der Waals surface area contributed by atoms with Crippen molar-refractivity contribution in [2.75, 3.05) is 13.1 Å². The first kappa shape index (κ1) is 10.1. The molecule has 3 aliphatic rings. The summed E-state index contributed by atoms with van der Waals surface area (Å²) < 4.78 is 0. The van der Waals surface area contributed by atoms with E-state index in [-0.39, 0.29) is 0 Å². The van der Waals surface area contributed by atoms with Gasteiger partial charge in [-0.05, 0) is 51.6 Å². The largest absolute Gasteiger partial charge is 0.312 e. The average Bonchev–Trinajstić information content (AvgIpc) is 2.69. The van der Waals surface area contributed by atoms with Crippen LogP contribution in [0.1, 0.15) is 51.4 Å². The Bertz CT molecular complexity index is 207. The van der Waals surface area contributed by atoms with Gasteiger partial charge in [-0.15, -0.1) is 0 Å². The highest BCUT2D eigenvalue weighted by Crippen LogP contribution is 2.33. The van der Waals surface area contributed by atoms with Gasteiger partial charge in [-0.2, -0.15) is 0 Å². The molecule has 1 N–H and O–H groups in total. The van der Waals surface area contributed by atoms with Crippen molar-refractivity contribution in [3.05, 3.63) is 0 Å². The van der Waals surface area contributed by atoms with Crippen LogP contribution >= 0.6 is 0 Å². The van der Waals surface area contributed by atoms with Crippen LogP contribution in [-0.2, 0) is 0 Å². The van der Waals surface area contributed by atoms with E-state index >= 15 is 0 Å². The van der Waals surface area contributed by atoms with Crippen molar-refractivity contribution in [2.24, 2.45) is 0 Å². The van der Waals surface area contributed by atoms with E-state index in [9.17, 15) is 0 Å². The fourth-order valence-corrected chi connectivity index (χ4v) is 3.62. The molecule has 2 heterocycles. The van der Waals surface area contributed by atoms with Crippen molar-refractivity contribution in [1.29, 1.82) is 0 Å². The Morgan fingerprint density at radius 3 is 2.47 bits per heavy atom. The molecule has 2 aliphatic heterocycles. The van der Waals surface area contributed by atoms with Crippen molar-refractivity contribution in [2.45, 2.75) is 69.5 Å². The van der Waals surface area contributed by atoms with Gasteiger partial charge in [0.25, 0.3) is 0 Å². The molecule has 2 heteroatoms. The molecule has 2 saturated heterocycles. The van der Waals surface area contributed by atoms with Gasteiger partial charge in [0.1, 0.15) is 0 Å². The van der Waals surface area contributed by atoms with E-state index < -0.39 is 0 Å². The summed E-state index contributed by atoms with van der Waals surface area (Å²) in [5.41, 5.74) is 0. The Morgan fingerprint density at radius 2 is 1.80 bits per heavy atom. The smallest absolute Gasteiger partial charge is 0.0252 e. The van der Waals surface area contributed by atoms with Gasteiger partial charge in [0.05, 0.1) is 0 Å². The van der Waals surface area contributed by atoms with Gasteiger partial charge in [0.2, 0.25) is 0 Å². The molecule has 1 saturated carbocycles. The number of likely N-dealkylation sites (tertiary alicyclic amines) is 1. The molecule has 2 nitrogen and oxygen atoms in total. The summed E-state index contributed by atoms with van der Waals surface area (Å²) >= 11 is 0. The second-order valence-corrected chi connectivity index (χ2v) is 5.59. The van der Waals surface area contributed by atoms with Crippen LogP contribution in [0.4, 0.5) is 0 Å². The van der Waals surface area contributed by atoms with Gasteiger partial charge >= 0.3 is 0 Å². The average molecular weight is 208 g/mol. The quantitative estimate of drug-likeness (QED) is 0.748. The molecule has 0 aromatic heterocycles. The molecule has 2 unspecified atom stereocenters. The van der Waals surface area contributed by atoms with Gasteiger partial charge in [-0.1, -0.05) is 12.8 Å². The first-order valence-corrected chi connectivity index (χ1v) is 6.94. The Kier molecular flexibility index (Phi) is 2.98. The van der Waals surface area contributed by atoms with E-state index in [2.05, 4.69) is 10.2 Å². The van der Waals surface area contributed by atoms with Crippen LogP contribution in [0.2, 0.25) is 0 Å². The topological polar surface area (TPSA) is 15.3 Å². The fourth-order valence-electron chi connectivity index (χ4n) is 3.62. The van der Waals surface area contributed by atoms with E-state index in [4.69, 9.17) is 0 Å². The second kappa shape index (κ2) is 4.42. The standard InChI is InChI=1S/C13H24N2/c1-2-10-15(11-5-3-6-11)13(8-1)12-7-4-9-14-12/h11-14H,1-10H2. The maximum Gasteiger partial charge on any atom is 0.0252 e. The van der Waals surface area contributed by atoms with Crippen LogP contribution in [0, 0.1) is 0 Å². The molecular weight excluding hydrogens is 184 g/mol. The van der Waals surface area contributed by atoms with Crippen molar-refractivity contribution < 1.29 is 0 Å². The molecule has 1 aliphatic carbocycles. The highest BCUT2D eigenvalue weighted by molar-refractivity contribution is 4.94. The molecule has 15 heavy (non-hydrogen) atoms. The predicted octanol–water partition coefficient (Wildman–Crippen LogP) is 2.15. The highest BCUT2D eigenvalue weighted by atomic mass is 15.2. The lowest BCUT2D eigenvalue weighted by atomic mass is 9.85. The summed E-state index contributed by atoms with van der Waals surface area (Å²) in [6.45, 7) is 2.65. The van der Waals surface area contributed by atoms with Crippen molar-refractivity contribution in [3.8, 4) is 0 Å². The maximum atomic E-state index is 3.72. The lowest BCUT2D eigenvalue weighted by Gasteiger charge is -2.47. The summed E-state index contributed by atoms with van der Waals surface area (Å²) in [5, 5.41) is 3.72. The third kappa shape index (κ3) is 1.94. The van der Waals surface area contributed by atoms with Crippen molar-refractivity contribution in [1.82, 2.24) is 10.2 Å². The number of nitrogens with one attached hydrogen (secondary N) is 1. The molecule has 86 valence electrons. The molecule has 0 aromatic rings.